The third-order valence-corrected chi connectivity index (χ3v) is 1.90. The summed E-state index contributed by atoms with van der Waals surface area (Å²) in [5.41, 5.74) is 1.63. The van der Waals surface area contributed by atoms with E-state index in [0.717, 1.165) is 11.1 Å². The van der Waals surface area contributed by atoms with Crippen LogP contribution in [0.1, 0.15) is 24.2 Å². The minimum absolute atomic E-state index is 0.659. The molecule has 0 fully saturated rings. The third-order valence-electron chi connectivity index (χ3n) is 1.66. The summed E-state index contributed by atoms with van der Waals surface area (Å²) in [7, 11) is 0. The van der Waals surface area contributed by atoms with E-state index in [1.54, 1.807) is 18.2 Å². The molecule has 1 rings (SSSR count). The van der Waals surface area contributed by atoms with Crippen molar-refractivity contribution in [3.63, 3.8) is 0 Å². The Morgan fingerprint density at radius 2 is 2.09 bits per heavy atom. The van der Waals surface area contributed by atoms with E-state index in [4.69, 9.17) is 11.6 Å². The van der Waals surface area contributed by atoms with E-state index in [9.17, 15) is 4.39 Å². The minimum atomic E-state index is -0.910. The lowest BCUT2D eigenvalue weighted by molar-refractivity contribution is 0.373. The highest BCUT2D eigenvalue weighted by Gasteiger charge is 2.05. The molecule has 0 aliphatic rings. The molecule has 0 saturated carbocycles. The second-order valence-electron chi connectivity index (χ2n) is 2.62. The van der Waals surface area contributed by atoms with Crippen LogP contribution in [0, 0.1) is 6.92 Å². The molecule has 0 nitrogen and oxygen atoms in total. The highest BCUT2D eigenvalue weighted by molar-refractivity contribution is 6.30. The summed E-state index contributed by atoms with van der Waals surface area (Å²) < 4.78 is 12.8. The van der Waals surface area contributed by atoms with Crippen LogP contribution in [0.4, 0.5) is 4.39 Å². The number of halogens is 2. The molecule has 0 aromatic heterocycles. The molecule has 0 spiro atoms. The Hall–Kier alpha value is -0.560. The van der Waals surface area contributed by atoms with Crippen LogP contribution in [0.25, 0.3) is 0 Å². The number of rotatable bonds is 1. The van der Waals surface area contributed by atoms with Crippen LogP contribution >= 0.6 is 11.6 Å². The lowest BCUT2D eigenvalue weighted by atomic mass is 10.1. The fourth-order valence-corrected chi connectivity index (χ4v) is 1.31. The second kappa shape index (κ2) is 3.22. The summed E-state index contributed by atoms with van der Waals surface area (Å²) in [6, 6.07) is 5.20. The number of benzene rings is 1. The second-order valence-corrected chi connectivity index (χ2v) is 3.05. The average molecular weight is 173 g/mol. The maximum atomic E-state index is 12.8. The summed E-state index contributed by atoms with van der Waals surface area (Å²) in [6.45, 7) is 3.38. The lowest BCUT2D eigenvalue weighted by Gasteiger charge is -2.05. The van der Waals surface area contributed by atoms with E-state index < -0.39 is 6.17 Å². The van der Waals surface area contributed by atoms with Crippen LogP contribution in [0.3, 0.4) is 0 Å². The zero-order valence-corrected chi connectivity index (χ0v) is 7.32. The minimum Gasteiger partial charge on any atom is -0.243 e. The zero-order chi connectivity index (χ0) is 8.43. The van der Waals surface area contributed by atoms with E-state index in [2.05, 4.69) is 0 Å². The number of aryl methyl sites for hydroxylation is 1. The van der Waals surface area contributed by atoms with Crippen molar-refractivity contribution < 1.29 is 4.39 Å². The van der Waals surface area contributed by atoms with Crippen LogP contribution in [0.15, 0.2) is 18.2 Å². The van der Waals surface area contributed by atoms with Gasteiger partial charge in [-0.3, -0.25) is 0 Å². The van der Waals surface area contributed by atoms with Crippen molar-refractivity contribution in [2.75, 3.05) is 0 Å². The van der Waals surface area contributed by atoms with Crippen molar-refractivity contribution in [1.29, 1.82) is 0 Å². The molecule has 0 aliphatic carbocycles. The van der Waals surface area contributed by atoms with Gasteiger partial charge in [0.2, 0.25) is 0 Å². The van der Waals surface area contributed by atoms with Gasteiger partial charge in [0.05, 0.1) is 0 Å². The van der Waals surface area contributed by atoms with Crippen LogP contribution in [-0.2, 0) is 0 Å². The monoisotopic (exact) mass is 172 g/mol. The summed E-state index contributed by atoms with van der Waals surface area (Å²) in [6.07, 6.45) is -0.910. The average Bonchev–Trinajstić information content (AvgIpc) is 1.85. The molecule has 1 aromatic carbocycles. The normalized spacial score (nSPS) is 13.1. The van der Waals surface area contributed by atoms with Gasteiger partial charge in [-0.1, -0.05) is 17.7 Å². The van der Waals surface area contributed by atoms with Gasteiger partial charge in [-0.15, -0.1) is 0 Å². The molecule has 0 amide bonds. The van der Waals surface area contributed by atoms with E-state index >= 15 is 0 Å². The summed E-state index contributed by atoms with van der Waals surface area (Å²) in [5, 5.41) is 0.659. The van der Waals surface area contributed by atoms with E-state index in [-0.39, 0.29) is 0 Å². The molecule has 11 heavy (non-hydrogen) atoms. The van der Waals surface area contributed by atoms with Crippen LogP contribution in [0.5, 0.6) is 0 Å². The van der Waals surface area contributed by atoms with Crippen LogP contribution in [0.2, 0.25) is 5.02 Å². The van der Waals surface area contributed by atoms with Gasteiger partial charge in [-0.25, -0.2) is 4.39 Å². The summed E-state index contributed by atoms with van der Waals surface area (Å²) in [5.74, 6) is 0. The molecule has 1 unspecified atom stereocenters. The van der Waals surface area contributed by atoms with Gasteiger partial charge < -0.3 is 0 Å². The molecule has 1 aromatic rings. The van der Waals surface area contributed by atoms with Gasteiger partial charge >= 0.3 is 0 Å². The molecule has 2 heteroatoms. The first-order chi connectivity index (χ1) is 5.11. The highest BCUT2D eigenvalue weighted by Crippen LogP contribution is 2.23. The number of hydrogen-bond donors (Lipinski definition) is 0. The Kier molecular flexibility index (Phi) is 2.50. The fourth-order valence-electron chi connectivity index (χ4n) is 1.09. The standard InChI is InChI=1S/C9H10ClF/c1-6-5-8(10)3-4-9(6)7(2)11/h3-5,7H,1-2H3. The van der Waals surface area contributed by atoms with Gasteiger partial charge in [-0.2, -0.15) is 0 Å². The van der Waals surface area contributed by atoms with E-state index in [1.807, 2.05) is 6.92 Å². The first-order valence-electron chi connectivity index (χ1n) is 3.51. The van der Waals surface area contributed by atoms with Crippen LogP contribution < -0.4 is 0 Å². The molecule has 0 saturated heterocycles. The largest absolute Gasteiger partial charge is 0.243 e. The van der Waals surface area contributed by atoms with E-state index in [1.165, 1.54) is 6.92 Å². The predicted octanol–water partition coefficient (Wildman–Crippen LogP) is 3.68. The van der Waals surface area contributed by atoms with Gasteiger partial charge in [0.1, 0.15) is 6.17 Å². The summed E-state index contributed by atoms with van der Waals surface area (Å²) >= 11 is 5.70. The Morgan fingerprint density at radius 3 is 2.55 bits per heavy atom. The van der Waals surface area contributed by atoms with Crippen molar-refractivity contribution in [3.05, 3.63) is 34.3 Å². The first kappa shape index (κ1) is 8.54. The topological polar surface area (TPSA) is 0 Å². The van der Waals surface area contributed by atoms with Gasteiger partial charge in [-0.05, 0) is 37.1 Å². The molecule has 0 N–H and O–H groups in total. The van der Waals surface area contributed by atoms with Gasteiger partial charge in [0, 0.05) is 5.02 Å². The Morgan fingerprint density at radius 1 is 1.45 bits per heavy atom. The van der Waals surface area contributed by atoms with Crippen molar-refractivity contribution >= 4 is 11.6 Å². The lowest BCUT2D eigenvalue weighted by Crippen LogP contribution is -1.89. The number of hydrogen-bond acceptors (Lipinski definition) is 0. The molecular formula is C9H10ClF. The smallest absolute Gasteiger partial charge is 0.123 e. The molecule has 60 valence electrons. The molecular weight excluding hydrogens is 163 g/mol. The van der Waals surface area contributed by atoms with Crippen molar-refractivity contribution in [3.8, 4) is 0 Å². The Balaban J connectivity index is 3.09. The molecule has 0 heterocycles. The van der Waals surface area contributed by atoms with Crippen LogP contribution in [-0.4, -0.2) is 0 Å². The Labute approximate surface area is 71.0 Å². The molecule has 0 aliphatic heterocycles. The molecule has 1 atom stereocenters. The first-order valence-corrected chi connectivity index (χ1v) is 3.89. The van der Waals surface area contributed by atoms with Crippen molar-refractivity contribution in [2.24, 2.45) is 0 Å². The van der Waals surface area contributed by atoms with Gasteiger partial charge in [0.15, 0.2) is 0 Å². The van der Waals surface area contributed by atoms with E-state index in [0.29, 0.717) is 5.02 Å². The quantitative estimate of drug-likeness (QED) is 0.606. The predicted molar refractivity (Wildman–Crippen MR) is 45.7 cm³/mol. The Bertz CT molecular complexity index is 256. The number of alkyl halides is 1. The third kappa shape index (κ3) is 1.93. The molecule has 0 bridgehead atoms. The fraction of sp³-hybridized carbons (Fsp3) is 0.333. The van der Waals surface area contributed by atoms with Crippen molar-refractivity contribution in [2.45, 2.75) is 20.0 Å². The maximum absolute atomic E-state index is 12.8. The summed E-state index contributed by atoms with van der Waals surface area (Å²) in [4.78, 5) is 0. The van der Waals surface area contributed by atoms with Gasteiger partial charge in [0.25, 0.3) is 0 Å². The maximum Gasteiger partial charge on any atom is 0.123 e. The SMILES string of the molecule is Cc1cc(Cl)ccc1C(C)F. The zero-order valence-electron chi connectivity index (χ0n) is 6.57. The highest BCUT2D eigenvalue weighted by atomic mass is 35.5. The molecule has 0 radical (unpaired) electrons. The van der Waals surface area contributed by atoms with Crippen molar-refractivity contribution in [1.82, 2.24) is 0 Å².